The van der Waals surface area contributed by atoms with Crippen molar-refractivity contribution < 1.29 is 23.8 Å². The third-order valence-corrected chi connectivity index (χ3v) is 7.83. The second-order valence-corrected chi connectivity index (χ2v) is 9.75. The number of piperidine rings is 1. The van der Waals surface area contributed by atoms with Gasteiger partial charge in [0.2, 0.25) is 5.91 Å². The Balaban J connectivity index is 1.50. The number of halogens is 1. The first-order chi connectivity index (χ1) is 17.3. The highest BCUT2D eigenvalue weighted by atomic mass is 19.1. The summed E-state index contributed by atoms with van der Waals surface area (Å²) < 4.78 is 20.7. The van der Waals surface area contributed by atoms with Gasteiger partial charge in [-0.15, -0.1) is 0 Å². The molecule has 2 aromatic carbocycles. The second kappa shape index (κ2) is 9.13. The standard InChI is InChI=1S/C27H31FN4O4/c1-17(34)32-16-27(10-12-31(13-11-27)26(35)29-19-6-4-18(28)5-7-19)24-21-9-8-20(36-3)14-22(21)30(2)25(24)23(32)15-33/h4-9,14,23,33H,10-13,15-16H2,1-3H3,(H,29,35)/t23-/m1/s1. The van der Waals surface area contributed by atoms with E-state index in [4.69, 9.17) is 4.74 Å². The summed E-state index contributed by atoms with van der Waals surface area (Å²) in [5.74, 6) is 0.300. The lowest BCUT2D eigenvalue weighted by Crippen LogP contribution is -2.56. The van der Waals surface area contributed by atoms with Crippen molar-refractivity contribution in [1.82, 2.24) is 14.4 Å². The Morgan fingerprint density at radius 2 is 1.86 bits per heavy atom. The number of anilines is 1. The molecule has 2 N–H and O–H groups in total. The smallest absolute Gasteiger partial charge is 0.321 e. The van der Waals surface area contributed by atoms with E-state index in [1.165, 1.54) is 31.2 Å². The highest BCUT2D eigenvalue weighted by Crippen LogP contribution is 2.50. The van der Waals surface area contributed by atoms with Gasteiger partial charge in [-0.1, -0.05) is 0 Å². The van der Waals surface area contributed by atoms with Crippen molar-refractivity contribution >= 4 is 28.5 Å². The number of carbonyl (C=O) groups excluding carboxylic acids is 2. The summed E-state index contributed by atoms with van der Waals surface area (Å²) in [5, 5.41) is 14.3. The first-order valence-electron chi connectivity index (χ1n) is 12.1. The van der Waals surface area contributed by atoms with Crippen LogP contribution in [-0.4, -0.2) is 64.8 Å². The normalized spacial score (nSPS) is 18.9. The number of urea groups is 1. The van der Waals surface area contributed by atoms with Crippen molar-refractivity contribution in [2.24, 2.45) is 7.05 Å². The number of carbonyl (C=O) groups is 2. The van der Waals surface area contributed by atoms with Crippen LogP contribution in [0.25, 0.3) is 10.9 Å². The van der Waals surface area contributed by atoms with Crippen LogP contribution >= 0.6 is 0 Å². The fraction of sp³-hybridized carbons (Fsp3) is 0.407. The molecule has 1 saturated heterocycles. The van der Waals surface area contributed by atoms with Crippen molar-refractivity contribution in [3.8, 4) is 5.75 Å². The molecule has 1 aromatic heterocycles. The number of aromatic nitrogens is 1. The van der Waals surface area contributed by atoms with Crippen molar-refractivity contribution in [2.45, 2.75) is 31.2 Å². The van der Waals surface area contributed by atoms with E-state index >= 15 is 0 Å². The summed E-state index contributed by atoms with van der Waals surface area (Å²) >= 11 is 0. The Bertz CT molecular complexity index is 1310. The lowest BCUT2D eigenvalue weighted by Gasteiger charge is -2.50. The van der Waals surface area contributed by atoms with E-state index in [2.05, 4.69) is 16.0 Å². The highest BCUT2D eigenvalue weighted by Gasteiger charge is 2.49. The maximum Gasteiger partial charge on any atom is 0.321 e. The van der Waals surface area contributed by atoms with Gasteiger partial charge in [0.1, 0.15) is 11.6 Å². The van der Waals surface area contributed by atoms with Gasteiger partial charge in [-0.3, -0.25) is 4.79 Å². The quantitative estimate of drug-likeness (QED) is 0.580. The number of likely N-dealkylation sites (tertiary alicyclic amines) is 1. The van der Waals surface area contributed by atoms with Crippen LogP contribution in [0.1, 0.15) is 37.1 Å². The van der Waals surface area contributed by atoms with E-state index in [9.17, 15) is 19.1 Å². The van der Waals surface area contributed by atoms with Gasteiger partial charge in [-0.25, -0.2) is 9.18 Å². The number of methoxy groups -OCH3 is 1. The third kappa shape index (κ3) is 3.87. The zero-order chi connectivity index (χ0) is 25.6. The van der Waals surface area contributed by atoms with E-state index in [0.717, 1.165) is 27.9 Å². The monoisotopic (exact) mass is 494 g/mol. The number of fused-ring (bicyclic) bond motifs is 4. The predicted octanol–water partition coefficient (Wildman–Crippen LogP) is 3.79. The Hall–Kier alpha value is -3.59. The molecule has 3 aromatic rings. The van der Waals surface area contributed by atoms with Crippen LogP contribution < -0.4 is 10.1 Å². The average Bonchev–Trinajstić information content (AvgIpc) is 3.18. The summed E-state index contributed by atoms with van der Waals surface area (Å²) in [6.45, 7) is 2.87. The van der Waals surface area contributed by atoms with Crippen molar-refractivity contribution in [3.63, 3.8) is 0 Å². The molecule has 1 spiro atoms. The van der Waals surface area contributed by atoms with E-state index in [1.54, 1.807) is 16.9 Å². The van der Waals surface area contributed by atoms with Crippen LogP contribution in [0.15, 0.2) is 42.5 Å². The maximum atomic E-state index is 13.2. The molecule has 1 fully saturated rings. The van der Waals surface area contributed by atoms with Gasteiger partial charge in [-0.05, 0) is 54.8 Å². The van der Waals surface area contributed by atoms with E-state index in [-0.39, 0.29) is 29.8 Å². The Morgan fingerprint density at radius 1 is 1.17 bits per heavy atom. The van der Waals surface area contributed by atoms with Crippen LogP contribution in [0.2, 0.25) is 0 Å². The minimum Gasteiger partial charge on any atom is -0.497 e. The number of benzene rings is 2. The van der Waals surface area contributed by atoms with Gasteiger partial charge in [0.05, 0.1) is 25.3 Å². The Labute approximate surface area is 209 Å². The molecule has 36 heavy (non-hydrogen) atoms. The van der Waals surface area contributed by atoms with Crippen molar-refractivity contribution in [2.75, 3.05) is 38.7 Å². The largest absolute Gasteiger partial charge is 0.497 e. The molecule has 2 aliphatic heterocycles. The molecule has 0 radical (unpaired) electrons. The first kappa shape index (κ1) is 24.1. The molecular formula is C27H31FN4O4. The fourth-order valence-electron chi connectivity index (χ4n) is 5.97. The van der Waals surface area contributed by atoms with Gasteiger partial charge in [0.15, 0.2) is 0 Å². The summed E-state index contributed by atoms with van der Waals surface area (Å²) in [7, 11) is 3.60. The molecule has 190 valence electrons. The number of hydrogen-bond acceptors (Lipinski definition) is 4. The minimum atomic E-state index is -0.439. The summed E-state index contributed by atoms with van der Waals surface area (Å²) in [5.41, 5.74) is 3.26. The zero-order valence-electron chi connectivity index (χ0n) is 20.8. The van der Waals surface area contributed by atoms with Crippen LogP contribution in [0.3, 0.4) is 0 Å². The van der Waals surface area contributed by atoms with Crippen LogP contribution in [0.4, 0.5) is 14.9 Å². The van der Waals surface area contributed by atoms with Crippen LogP contribution in [-0.2, 0) is 17.3 Å². The van der Waals surface area contributed by atoms with E-state index in [1.807, 2.05) is 19.2 Å². The van der Waals surface area contributed by atoms with Gasteiger partial charge < -0.3 is 29.5 Å². The zero-order valence-corrected chi connectivity index (χ0v) is 20.8. The molecule has 3 heterocycles. The highest BCUT2D eigenvalue weighted by molar-refractivity contribution is 5.91. The number of nitrogens with zero attached hydrogens (tertiary/aromatic N) is 3. The number of amides is 3. The minimum absolute atomic E-state index is 0.0848. The number of rotatable bonds is 3. The number of hydrogen-bond donors (Lipinski definition) is 2. The molecular weight excluding hydrogens is 463 g/mol. The second-order valence-electron chi connectivity index (χ2n) is 9.75. The van der Waals surface area contributed by atoms with Gasteiger partial charge >= 0.3 is 6.03 Å². The Kier molecular flexibility index (Phi) is 6.12. The maximum absolute atomic E-state index is 13.2. The van der Waals surface area contributed by atoms with Crippen molar-refractivity contribution in [1.29, 1.82) is 0 Å². The lowest BCUT2D eigenvalue weighted by molar-refractivity contribution is -0.135. The molecule has 0 bridgehead atoms. The molecule has 1 atom stereocenters. The van der Waals surface area contributed by atoms with Gasteiger partial charge in [0, 0.05) is 61.9 Å². The number of ether oxygens (including phenoxy) is 1. The van der Waals surface area contributed by atoms with E-state index < -0.39 is 6.04 Å². The molecule has 3 amide bonds. The molecule has 0 saturated carbocycles. The number of aryl methyl sites for hydroxylation is 1. The molecule has 2 aliphatic rings. The van der Waals surface area contributed by atoms with Crippen LogP contribution in [0, 0.1) is 5.82 Å². The fourth-order valence-corrected chi connectivity index (χ4v) is 5.97. The van der Waals surface area contributed by atoms with Crippen LogP contribution in [0.5, 0.6) is 5.75 Å². The third-order valence-electron chi connectivity index (χ3n) is 7.83. The molecule has 5 rings (SSSR count). The predicted molar refractivity (Wildman–Crippen MR) is 135 cm³/mol. The molecule has 9 heteroatoms. The first-order valence-corrected chi connectivity index (χ1v) is 12.1. The molecule has 0 aliphatic carbocycles. The van der Waals surface area contributed by atoms with Gasteiger partial charge in [0.25, 0.3) is 0 Å². The van der Waals surface area contributed by atoms with Crippen molar-refractivity contribution in [3.05, 3.63) is 59.5 Å². The Morgan fingerprint density at radius 3 is 2.47 bits per heavy atom. The number of nitrogens with one attached hydrogen (secondary N) is 1. The number of aliphatic hydroxyl groups is 1. The average molecular weight is 495 g/mol. The molecule has 0 unspecified atom stereocenters. The summed E-state index contributed by atoms with van der Waals surface area (Å²) in [6.07, 6.45) is 1.34. The van der Waals surface area contributed by atoms with E-state index in [0.29, 0.717) is 38.2 Å². The molecule has 8 nitrogen and oxygen atoms in total. The number of aliphatic hydroxyl groups excluding tert-OH is 1. The summed E-state index contributed by atoms with van der Waals surface area (Å²) in [4.78, 5) is 29.2. The lowest BCUT2D eigenvalue weighted by atomic mass is 9.68. The topological polar surface area (TPSA) is 87.0 Å². The van der Waals surface area contributed by atoms with Gasteiger partial charge in [-0.2, -0.15) is 0 Å². The SMILES string of the molecule is COc1ccc2c3c(n(C)c2c1)[C@@H](CO)N(C(C)=O)CC31CCN(C(=O)Nc2ccc(F)cc2)CC1. The summed E-state index contributed by atoms with van der Waals surface area (Å²) in [6, 6.07) is 11.0.